The summed E-state index contributed by atoms with van der Waals surface area (Å²) in [6.07, 6.45) is -3.18. The van der Waals surface area contributed by atoms with Crippen LogP contribution in [0, 0.1) is 6.92 Å². The van der Waals surface area contributed by atoms with Gasteiger partial charge in [-0.25, -0.2) is 14.3 Å². The zero-order valence-electron chi connectivity index (χ0n) is 17.1. The second-order valence-corrected chi connectivity index (χ2v) is 8.13. The molecule has 31 heavy (non-hydrogen) atoms. The van der Waals surface area contributed by atoms with Gasteiger partial charge >= 0.3 is 12.2 Å². The molecule has 0 aliphatic carbocycles. The Kier molecular flexibility index (Phi) is 6.63. The number of hydrogen-bond donors (Lipinski definition) is 0. The highest BCUT2D eigenvalue weighted by atomic mass is 32.2. The molecule has 11 heteroatoms. The number of fused-ring (bicyclic) bond motifs is 1. The van der Waals surface area contributed by atoms with Crippen molar-refractivity contribution >= 4 is 27.9 Å². The van der Waals surface area contributed by atoms with Crippen LogP contribution in [-0.4, -0.2) is 56.1 Å². The minimum absolute atomic E-state index is 0.00891. The van der Waals surface area contributed by atoms with Crippen molar-refractivity contribution in [2.24, 2.45) is 0 Å². The molecule has 3 rings (SSSR count). The van der Waals surface area contributed by atoms with Gasteiger partial charge in [-0.15, -0.1) is 0 Å². The van der Waals surface area contributed by atoms with Gasteiger partial charge in [0.15, 0.2) is 6.61 Å². The van der Waals surface area contributed by atoms with Crippen molar-refractivity contribution in [2.45, 2.75) is 30.9 Å². The first-order valence-corrected chi connectivity index (χ1v) is 10.7. The molecule has 0 unspecified atom stereocenters. The Morgan fingerprint density at radius 3 is 2.65 bits per heavy atom. The maximum Gasteiger partial charge on any atom is 0.422 e. The third kappa shape index (κ3) is 5.04. The number of amides is 1. The number of aromatic nitrogens is 3. The first-order valence-electron chi connectivity index (χ1n) is 9.37. The summed E-state index contributed by atoms with van der Waals surface area (Å²) in [4.78, 5) is 22.9. The van der Waals surface area contributed by atoms with E-state index in [4.69, 9.17) is 4.74 Å². The number of nitrogens with zero attached hydrogens (tertiary/aromatic N) is 4. The molecule has 0 aliphatic rings. The fraction of sp³-hybridized carbons (Fsp3) is 0.350. The van der Waals surface area contributed by atoms with Gasteiger partial charge in [0.05, 0.1) is 33.3 Å². The zero-order valence-corrected chi connectivity index (χ0v) is 18.0. The van der Waals surface area contributed by atoms with E-state index >= 15 is 0 Å². The van der Waals surface area contributed by atoms with Crippen LogP contribution in [0.15, 0.2) is 41.7 Å². The van der Waals surface area contributed by atoms with Gasteiger partial charge in [0.2, 0.25) is 5.16 Å². The number of carbonyl (C=O) groups is 1. The molecule has 166 valence electrons. The lowest BCUT2D eigenvalue weighted by Crippen LogP contribution is -2.32. The van der Waals surface area contributed by atoms with Gasteiger partial charge in [-0.2, -0.15) is 13.2 Å². The van der Waals surface area contributed by atoms with Crippen molar-refractivity contribution in [3.63, 3.8) is 0 Å². The molecule has 1 atom stereocenters. The topological polar surface area (TPSA) is 77.3 Å². The highest BCUT2D eigenvalue weighted by Crippen LogP contribution is 2.26. The minimum Gasteiger partial charge on any atom is -0.484 e. The van der Waals surface area contributed by atoms with Gasteiger partial charge in [-0.1, -0.05) is 12.1 Å². The number of ether oxygens (including phenoxy) is 1. The quantitative estimate of drug-likeness (QED) is 0.565. The Morgan fingerprint density at radius 1 is 1.26 bits per heavy atom. The highest BCUT2D eigenvalue weighted by Gasteiger charge is 2.29. The number of alkyl halides is 3. The maximum absolute atomic E-state index is 13.2. The lowest BCUT2D eigenvalue weighted by atomic mass is 10.2. The lowest BCUT2D eigenvalue weighted by Gasteiger charge is -2.17. The first kappa shape index (κ1) is 22.7. The van der Waals surface area contributed by atoms with Crippen LogP contribution in [0.1, 0.15) is 18.2 Å². The predicted octanol–water partition coefficient (Wildman–Crippen LogP) is 3.91. The van der Waals surface area contributed by atoms with E-state index in [1.54, 1.807) is 38.2 Å². The number of carbonyl (C=O) groups excluding carboxylic acids is 1. The van der Waals surface area contributed by atoms with Crippen LogP contribution < -0.4 is 4.74 Å². The fourth-order valence-electron chi connectivity index (χ4n) is 2.86. The van der Waals surface area contributed by atoms with E-state index in [2.05, 4.69) is 9.97 Å². The molecular weight excluding hydrogens is 433 g/mol. The number of pyridine rings is 1. The van der Waals surface area contributed by atoms with Gasteiger partial charge in [-0.3, -0.25) is 9.19 Å². The number of imidazole rings is 1. The van der Waals surface area contributed by atoms with E-state index in [1.165, 1.54) is 21.7 Å². The van der Waals surface area contributed by atoms with Gasteiger partial charge < -0.3 is 9.64 Å². The van der Waals surface area contributed by atoms with Crippen LogP contribution in [0.2, 0.25) is 0 Å². The molecule has 0 bridgehead atoms. The standard InChI is InChI=1S/C20H21F3N4O3S/c1-4-26(3)19(28)27-16-8-6-5-7-14(16)25-18(27)31(29)11-15-13(2)17(9-10-24-15)30-12-20(21,22)23/h5-10H,4,11-12H2,1-3H3/t31-/m0/s1. The summed E-state index contributed by atoms with van der Waals surface area (Å²) in [5.74, 6) is -0.129. The van der Waals surface area contributed by atoms with Crippen LogP contribution in [0.5, 0.6) is 5.75 Å². The van der Waals surface area contributed by atoms with Crippen molar-refractivity contribution in [2.75, 3.05) is 20.2 Å². The van der Waals surface area contributed by atoms with Crippen LogP contribution in [0.4, 0.5) is 18.0 Å². The summed E-state index contributed by atoms with van der Waals surface area (Å²) in [5, 5.41) is 0.0503. The first-order chi connectivity index (χ1) is 14.6. The summed E-state index contributed by atoms with van der Waals surface area (Å²) in [6.45, 7) is 2.36. The van der Waals surface area contributed by atoms with Crippen LogP contribution in [-0.2, 0) is 16.6 Å². The van der Waals surface area contributed by atoms with Gasteiger partial charge in [-0.05, 0) is 32.0 Å². The number of hydrogen-bond acceptors (Lipinski definition) is 5. The molecule has 3 aromatic rings. The molecule has 7 nitrogen and oxygen atoms in total. The Labute approximate surface area is 179 Å². The molecule has 0 aliphatic heterocycles. The van der Waals surface area contributed by atoms with Gasteiger partial charge in [0.1, 0.15) is 5.75 Å². The molecule has 1 aromatic carbocycles. The van der Waals surface area contributed by atoms with Crippen LogP contribution in [0.3, 0.4) is 0 Å². The summed E-state index contributed by atoms with van der Waals surface area (Å²) >= 11 is 0. The summed E-state index contributed by atoms with van der Waals surface area (Å²) in [7, 11) is -0.171. The molecule has 2 heterocycles. The lowest BCUT2D eigenvalue weighted by molar-refractivity contribution is -0.153. The summed E-state index contributed by atoms with van der Waals surface area (Å²) in [6, 6.07) is 7.86. The molecule has 1 amide bonds. The molecular formula is C20H21F3N4O3S. The van der Waals surface area contributed by atoms with Crippen LogP contribution in [0.25, 0.3) is 11.0 Å². The zero-order chi connectivity index (χ0) is 22.8. The third-order valence-corrected chi connectivity index (χ3v) is 5.86. The minimum atomic E-state index is -4.48. The van der Waals surface area contributed by atoms with E-state index in [-0.39, 0.29) is 22.7 Å². The number of rotatable bonds is 6. The van der Waals surface area contributed by atoms with E-state index in [0.29, 0.717) is 28.8 Å². The Hall–Kier alpha value is -2.95. The second-order valence-electron chi connectivity index (χ2n) is 6.79. The molecule has 0 radical (unpaired) electrons. The Balaban J connectivity index is 1.95. The number of benzene rings is 1. The molecule has 0 fully saturated rings. The van der Waals surface area contributed by atoms with Crippen molar-refractivity contribution < 1.29 is 26.9 Å². The molecule has 0 saturated carbocycles. The molecule has 2 aromatic heterocycles. The average Bonchev–Trinajstić information content (AvgIpc) is 3.12. The van der Waals surface area contributed by atoms with E-state index in [0.717, 1.165) is 0 Å². The van der Waals surface area contributed by atoms with E-state index in [1.807, 2.05) is 6.92 Å². The predicted molar refractivity (Wildman–Crippen MR) is 109 cm³/mol. The molecule has 0 saturated heterocycles. The number of para-hydroxylation sites is 2. The van der Waals surface area contributed by atoms with Gasteiger partial charge in [0, 0.05) is 25.4 Å². The van der Waals surface area contributed by atoms with Crippen molar-refractivity contribution in [1.82, 2.24) is 19.4 Å². The number of halogens is 3. The monoisotopic (exact) mass is 454 g/mol. The second kappa shape index (κ2) is 9.04. The fourth-order valence-corrected chi connectivity index (χ4v) is 4.11. The van der Waals surface area contributed by atoms with E-state index < -0.39 is 23.6 Å². The Bertz CT molecular complexity index is 1130. The normalized spacial score (nSPS) is 12.7. The largest absolute Gasteiger partial charge is 0.484 e. The van der Waals surface area contributed by atoms with Crippen LogP contribution >= 0.6 is 0 Å². The summed E-state index contributed by atoms with van der Waals surface area (Å²) in [5.41, 5.74) is 1.67. The van der Waals surface area contributed by atoms with E-state index in [9.17, 15) is 22.2 Å². The highest BCUT2D eigenvalue weighted by molar-refractivity contribution is 7.84. The third-order valence-electron chi connectivity index (χ3n) is 4.64. The van der Waals surface area contributed by atoms with Crippen molar-refractivity contribution in [3.05, 3.63) is 47.8 Å². The smallest absolute Gasteiger partial charge is 0.422 e. The van der Waals surface area contributed by atoms with Crippen molar-refractivity contribution in [1.29, 1.82) is 0 Å². The molecule has 0 spiro atoms. The average molecular weight is 454 g/mol. The van der Waals surface area contributed by atoms with Crippen molar-refractivity contribution in [3.8, 4) is 5.75 Å². The molecule has 0 N–H and O–H groups in total. The maximum atomic E-state index is 13.2. The van der Waals surface area contributed by atoms with Gasteiger partial charge in [0.25, 0.3) is 0 Å². The SMILES string of the molecule is CCN(C)C(=O)n1c([S@@](=O)Cc2nccc(OCC(F)(F)F)c2C)nc2ccccc21. The summed E-state index contributed by atoms with van der Waals surface area (Å²) < 4.78 is 56.8. The Morgan fingerprint density at radius 2 is 1.97 bits per heavy atom.